The summed E-state index contributed by atoms with van der Waals surface area (Å²) >= 11 is 2.03. The molecule has 10 heteroatoms. The Bertz CT molecular complexity index is 7060. The van der Waals surface area contributed by atoms with Crippen molar-refractivity contribution in [1.29, 1.82) is 0 Å². The maximum absolute atomic E-state index is 7.36. The van der Waals surface area contributed by atoms with Crippen molar-refractivity contribution >= 4 is 138 Å². The van der Waals surface area contributed by atoms with Gasteiger partial charge in [0, 0.05) is 108 Å². The minimum absolute atomic E-state index is 0.0113. The number of hydrogen-bond acceptors (Lipinski definition) is 8. The Labute approximate surface area is 799 Å². The lowest BCUT2D eigenvalue weighted by molar-refractivity contribution is 0.162. The maximum Gasteiger partial charge on any atom is 0.252 e. The Balaban J connectivity index is 0.562. The number of rotatable bonds is 17. The molecule has 134 heavy (non-hydrogen) atoms. The summed E-state index contributed by atoms with van der Waals surface area (Å²) in [5.74, 6) is 1.16. The van der Waals surface area contributed by atoms with Crippen molar-refractivity contribution in [2.24, 2.45) is 11.8 Å². The minimum Gasteiger partial charge on any atom is -0.471 e. The fourth-order valence-corrected chi connectivity index (χ4v) is 23.6. The largest absolute Gasteiger partial charge is 0.471 e. The summed E-state index contributed by atoms with van der Waals surface area (Å²) in [6.45, 7) is 37.2. The molecule has 0 bridgehead atoms. The van der Waals surface area contributed by atoms with Crippen molar-refractivity contribution < 1.29 is 4.74 Å². The maximum atomic E-state index is 7.36. The third-order valence-corrected chi connectivity index (χ3v) is 31.2. The van der Waals surface area contributed by atoms with Crippen LogP contribution in [0.2, 0.25) is 0 Å². The van der Waals surface area contributed by atoms with Crippen molar-refractivity contribution in [3.63, 3.8) is 0 Å². The molecular formula is C124H118B2N6OS. The number of allylic oxidation sites excluding steroid dienone is 6. The van der Waals surface area contributed by atoms with Gasteiger partial charge in [0.1, 0.15) is 6.10 Å². The third kappa shape index (κ3) is 15.1. The monoisotopic (exact) mass is 1760 g/mol. The summed E-state index contributed by atoms with van der Waals surface area (Å²) in [5.41, 5.74) is 38.7. The summed E-state index contributed by atoms with van der Waals surface area (Å²) in [4.78, 5) is 15.1. The fourth-order valence-electron chi connectivity index (χ4n) is 22.1. The van der Waals surface area contributed by atoms with Crippen LogP contribution < -0.4 is 51.3 Å². The Kier molecular flexibility index (Phi) is 21.0. The first-order valence-electron chi connectivity index (χ1n) is 48.3. The first-order valence-corrected chi connectivity index (χ1v) is 49.2. The Morgan fingerprint density at radius 1 is 0.284 bits per heavy atom. The van der Waals surface area contributed by atoms with Gasteiger partial charge in [-0.15, -0.1) is 11.8 Å². The van der Waals surface area contributed by atoms with E-state index >= 15 is 0 Å². The quantitative estimate of drug-likeness (QED) is 0.0833. The zero-order valence-electron chi connectivity index (χ0n) is 80.2. The van der Waals surface area contributed by atoms with Gasteiger partial charge in [0.25, 0.3) is 6.71 Å². The van der Waals surface area contributed by atoms with Crippen LogP contribution in [-0.2, 0) is 37.2 Å². The van der Waals surface area contributed by atoms with Gasteiger partial charge in [0.05, 0.1) is 5.03 Å². The number of thioether (sulfide) groups is 1. The van der Waals surface area contributed by atoms with E-state index in [9.17, 15) is 0 Å². The van der Waals surface area contributed by atoms with Gasteiger partial charge in [-0.1, -0.05) is 341 Å². The molecule has 662 valence electrons. The van der Waals surface area contributed by atoms with Crippen LogP contribution >= 0.6 is 11.8 Å². The number of benzene rings is 14. The average molecular weight is 1760 g/mol. The molecule has 2 aliphatic carbocycles. The van der Waals surface area contributed by atoms with E-state index in [0.717, 1.165) is 92.7 Å². The van der Waals surface area contributed by atoms with E-state index in [1.807, 2.05) is 11.8 Å². The molecule has 4 atom stereocenters. The molecule has 0 fully saturated rings. The fraction of sp³-hybridized carbons (Fsp3) is 0.226. The predicted molar refractivity (Wildman–Crippen MR) is 574 cm³/mol. The molecule has 0 spiro atoms. The topological polar surface area (TPSA) is 28.7 Å². The van der Waals surface area contributed by atoms with E-state index < -0.39 is 0 Å². The van der Waals surface area contributed by atoms with E-state index in [-0.39, 0.29) is 69.1 Å². The van der Waals surface area contributed by atoms with Gasteiger partial charge in [-0.25, -0.2) is 0 Å². The molecule has 0 amide bonds. The smallest absolute Gasteiger partial charge is 0.252 e. The molecule has 0 saturated heterocycles. The summed E-state index contributed by atoms with van der Waals surface area (Å²) in [6.07, 6.45) is 20.3. The number of anilines is 16. The van der Waals surface area contributed by atoms with Gasteiger partial charge in [-0.05, 0) is 280 Å². The second-order valence-electron chi connectivity index (χ2n) is 43.4. The first kappa shape index (κ1) is 86.0. The number of para-hydroxylation sites is 2. The molecule has 6 aliphatic heterocycles. The highest BCUT2D eigenvalue weighted by molar-refractivity contribution is 8.04. The molecule has 22 rings (SSSR count). The van der Waals surface area contributed by atoms with Gasteiger partial charge in [0.15, 0.2) is 5.88 Å². The van der Waals surface area contributed by atoms with Crippen molar-refractivity contribution in [2.45, 2.75) is 167 Å². The predicted octanol–water partition coefficient (Wildman–Crippen LogP) is 30.8. The van der Waals surface area contributed by atoms with Crippen molar-refractivity contribution in [3.8, 4) is 22.3 Å². The van der Waals surface area contributed by atoms with Crippen LogP contribution in [0.5, 0.6) is 0 Å². The van der Waals surface area contributed by atoms with Crippen LogP contribution in [0.4, 0.5) is 91.0 Å². The van der Waals surface area contributed by atoms with E-state index in [4.69, 9.17) is 4.74 Å². The lowest BCUT2D eigenvalue weighted by Crippen LogP contribution is -2.56. The second-order valence-corrected chi connectivity index (χ2v) is 44.6. The number of hydrogen-bond donors (Lipinski definition) is 0. The molecule has 7 nitrogen and oxygen atoms in total. The molecule has 0 radical (unpaired) electrons. The Morgan fingerprint density at radius 2 is 0.627 bits per heavy atom. The molecule has 4 unspecified atom stereocenters. The Morgan fingerprint density at radius 3 is 1.06 bits per heavy atom. The van der Waals surface area contributed by atoms with Crippen LogP contribution in [-0.4, -0.2) is 24.8 Å². The van der Waals surface area contributed by atoms with Gasteiger partial charge in [0.2, 0.25) is 6.71 Å². The molecular weight excluding hydrogens is 1640 g/mol. The summed E-state index contributed by atoms with van der Waals surface area (Å²) in [7, 11) is 0. The van der Waals surface area contributed by atoms with Crippen molar-refractivity contribution in [2.75, 3.05) is 29.4 Å². The molecule has 14 aromatic rings. The van der Waals surface area contributed by atoms with E-state index in [0.29, 0.717) is 0 Å². The van der Waals surface area contributed by atoms with Crippen LogP contribution in [0.3, 0.4) is 0 Å². The summed E-state index contributed by atoms with van der Waals surface area (Å²) in [6, 6.07) is 125. The SMILES string of the molecule is CC(C)(C)c1ccc(-c2cccc(N3C4=C(B5c6ccc(N(c7ccc(C(C)(C)C)cc7)c7ccc(C(C)(C)CCC(C)(C)c8ccc(-c9cccc(N%10C%11=C(B%12c%13ccc(N(c%14ccc(C(C)(C)C)cc%14)c%14ccc(C(C)(C)C)cc%14)cc%13N(c%13ccccc%13)c%13cccc%10c%13%12)C%10C=CC=CC%10S%11)c9)cc8)cc7)cc6N(c6ccccc6)c6cccc3c65)C3C=CC=CC3O4)c2)cc1. The number of ether oxygens (including phenoxy) is 1. The molecule has 0 N–H and O–H groups in total. The zero-order valence-corrected chi connectivity index (χ0v) is 81.0. The van der Waals surface area contributed by atoms with Crippen LogP contribution in [0, 0.1) is 11.8 Å². The Hall–Kier alpha value is -13.4. The van der Waals surface area contributed by atoms with Crippen LogP contribution in [0.1, 0.15) is 157 Å². The highest BCUT2D eigenvalue weighted by Gasteiger charge is 2.54. The normalized spacial score (nSPS) is 17.4. The van der Waals surface area contributed by atoms with Crippen molar-refractivity contribution in [3.05, 3.63) is 431 Å². The molecule has 8 aliphatic rings. The molecule has 6 heterocycles. The number of nitrogens with zero attached hydrogens (tertiary/aromatic N) is 6. The third-order valence-electron chi connectivity index (χ3n) is 29.8. The van der Waals surface area contributed by atoms with E-state index in [1.165, 1.54) is 111 Å². The lowest BCUT2D eigenvalue weighted by atomic mass is 9.31. The zero-order chi connectivity index (χ0) is 92.2. The highest BCUT2D eigenvalue weighted by atomic mass is 32.2. The van der Waals surface area contributed by atoms with Crippen molar-refractivity contribution in [1.82, 2.24) is 0 Å². The van der Waals surface area contributed by atoms with Crippen LogP contribution in [0.15, 0.2) is 398 Å². The van der Waals surface area contributed by atoms with Crippen LogP contribution in [0.25, 0.3) is 22.3 Å². The first-order chi connectivity index (χ1) is 64.5. The van der Waals surface area contributed by atoms with Gasteiger partial charge >= 0.3 is 0 Å². The van der Waals surface area contributed by atoms with Gasteiger partial charge < -0.3 is 29.2 Å². The van der Waals surface area contributed by atoms with E-state index in [2.05, 4.69) is 516 Å². The molecule has 14 aromatic carbocycles. The highest BCUT2D eigenvalue weighted by Crippen LogP contribution is 2.58. The van der Waals surface area contributed by atoms with Gasteiger partial charge in [-0.2, -0.15) is 0 Å². The summed E-state index contributed by atoms with van der Waals surface area (Å²) in [5, 5.41) is 1.59. The van der Waals surface area contributed by atoms with Gasteiger partial charge in [-0.3, -0.25) is 4.90 Å². The number of fused-ring (bicyclic) bond motifs is 10. The van der Waals surface area contributed by atoms with E-state index in [1.54, 1.807) is 0 Å². The molecule has 0 saturated carbocycles. The molecule has 0 aromatic heterocycles. The standard InChI is InChI=1S/C124H118B2N6OS/c1-119(2,3)85-51-47-81(48-52-85)83-31-27-37-97(77-83)131-107-43-29-41-105-115(107)125(113-101-39-23-25-45-111(101)133-117(113)131)103-73-71-99(79-109(103)129(105)91-33-19-17-20-34-91)128(95-67-59-88(60-68-95)122(10,11)12)96-69-61-90(62-70-96)124(15,16)76-75-123(13,14)89-53-49-82(50-54-89)84-32-28-38-98(78-84)132-108-44-30-42-106-116(108)126(114-102-40-24-26-46-112(102)134-118(114)132)104-74-72-100(80-110(104)130(106)92-35-21-18-22-36-92)127(93-63-55-86(56-64-93)120(4,5)6)94-65-57-87(58-66-94)121(7,8)9/h17-74,77-80,101-102,111-112H,75-76H2,1-16H3. The lowest BCUT2D eigenvalue weighted by Gasteiger charge is -2.44. The minimum atomic E-state index is -0.141. The average Bonchev–Trinajstić information content (AvgIpc) is 1.36. The summed E-state index contributed by atoms with van der Waals surface area (Å²) < 4.78 is 7.36. The second kappa shape index (κ2) is 32.8.